The Labute approximate surface area is 125 Å². The van der Waals surface area contributed by atoms with Crippen molar-refractivity contribution in [3.05, 3.63) is 23.8 Å². The van der Waals surface area contributed by atoms with Crippen molar-refractivity contribution in [2.45, 2.75) is 31.8 Å². The summed E-state index contributed by atoms with van der Waals surface area (Å²) in [5.41, 5.74) is 0.351. The van der Waals surface area contributed by atoms with Gasteiger partial charge in [0, 0.05) is 24.1 Å². The van der Waals surface area contributed by atoms with E-state index in [1.54, 1.807) is 7.11 Å². The van der Waals surface area contributed by atoms with E-state index < -0.39 is 11.4 Å². The molecule has 1 aliphatic rings. The summed E-state index contributed by atoms with van der Waals surface area (Å²) < 4.78 is 11.5. The molecule has 0 spiro atoms. The number of methoxy groups -OCH3 is 1. The molecule has 0 aliphatic carbocycles. The molecule has 0 bridgehead atoms. The molecule has 1 aromatic rings. The van der Waals surface area contributed by atoms with Crippen LogP contribution in [0.3, 0.4) is 0 Å². The zero-order valence-corrected chi connectivity index (χ0v) is 13.0. The van der Waals surface area contributed by atoms with Crippen LogP contribution in [-0.2, 0) is 10.2 Å². The monoisotopic (exact) mass is 293 g/mol. The van der Waals surface area contributed by atoms with Crippen LogP contribution in [0.4, 0.5) is 0 Å². The molecule has 0 amide bonds. The first-order valence-corrected chi connectivity index (χ1v) is 7.08. The minimum Gasteiger partial charge on any atom is -0.493 e. The molecule has 0 aromatic heterocycles. The lowest BCUT2D eigenvalue weighted by Gasteiger charge is -2.37. The third-order valence-corrected chi connectivity index (χ3v) is 3.84. The van der Waals surface area contributed by atoms with E-state index in [0.29, 0.717) is 11.5 Å². The Kier molecular flexibility index (Phi) is 4.42. The SMILES string of the molecule is COc1cccc(C(C)(C)CC(=O)O)c1OC1CN(C)C1. The smallest absolute Gasteiger partial charge is 0.304 e. The summed E-state index contributed by atoms with van der Waals surface area (Å²) in [5.74, 6) is 0.502. The number of ether oxygens (including phenoxy) is 2. The summed E-state index contributed by atoms with van der Waals surface area (Å²) in [7, 11) is 3.64. The van der Waals surface area contributed by atoms with Gasteiger partial charge < -0.3 is 14.6 Å². The summed E-state index contributed by atoms with van der Waals surface area (Å²) >= 11 is 0. The number of benzene rings is 1. The molecule has 1 fully saturated rings. The topological polar surface area (TPSA) is 59.0 Å². The van der Waals surface area contributed by atoms with Gasteiger partial charge in [0.25, 0.3) is 0 Å². The molecule has 1 heterocycles. The Balaban J connectivity index is 2.33. The molecule has 1 aromatic carbocycles. The van der Waals surface area contributed by atoms with Gasteiger partial charge in [-0.1, -0.05) is 26.0 Å². The first kappa shape index (κ1) is 15.6. The Hall–Kier alpha value is -1.75. The highest BCUT2D eigenvalue weighted by Gasteiger charge is 2.32. The standard InChI is InChI=1S/C16H23NO4/c1-16(2,8-14(18)19)12-6-5-7-13(20-4)15(12)21-11-9-17(3)10-11/h5-7,11H,8-10H2,1-4H3,(H,18,19). The molecule has 5 heteroatoms. The van der Waals surface area contributed by atoms with E-state index in [9.17, 15) is 4.79 Å². The maximum atomic E-state index is 11.1. The normalized spacial score (nSPS) is 16.4. The summed E-state index contributed by atoms with van der Waals surface area (Å²) in [5, 5.41) is 9.12. The molecule has 2 rings (SSSR count). The number of carboxylic acids is 1. The van der Waals surface area contributed by atoms with Crippen LogP contribution in [0.25, 0.3) is 0 Å². The highest BCUT2D eigenvalue weighted by atomic mass is 16.5. The fourth-order valence-electron chi connectivity index (χ4n) is 2.69. The van der Waals surface area contributed by atoms with Crippen molar-refractivity contribution in [1.82, 2.24) is 4.90 Å². The summed E-state index contributed by atoms with van der Waals surface area (Å²) in [6, 6.07) is 5.64. The summed E-state index contributed by atoms with van der Waals surface area (Å²) in [6.45, 7) is 5.57. The molecule has 0 radical (unpaired) electrons. The van der Waals surface area contributed by atoms with Gasteiger partial charge in [0.2, 0.25) is 0 Å². The second kappa shape index (κ2) is 5.93. The Morgan fingerprint density at radius 1 is 1.43 bits per heavy atom. The largest absolute Gasteiger partial charge is 0.493 e. The molecule has 1 aliphatic heterocycles. The molecular formula is C16H23NO4. The lowest BCUT2D eigenvalue weighted by molar-refractivity contribution is -0.138. The number of rotatable bonds is 6. The minimum absolute atomic E-state index is 0.0428. The van der Waals surface area contributed by atoms with Crippen molar-refractivity contribution in [3.8, 4) is 11.5 Å². The van der Waals surface area contributed by atoms with Gasteiger partial charge in [0.1, 0.15) is 6.10 Å². The van der Waals surface area contributed by atoms with Crippen LogP contribution in [0.15, 0.2) is 18.2 Å². The predicted molar refractivity (Wildman–Crippen MR) is 80.2 cm³/mol. The van der Waals surface area contributed by atoms with E-state index >= 15 is 0 Å². The van der Waals surface area contributed by atoms with Crippen LogP contribution in [0.5, 0.6) is 11.5 Å². The molecule has 1 saturated heterocycles. The number of carboxylic acid groups (broad SMARTS) is 1. The average molecular weight is 293 g/mol. The van der Waals surface area contributed by atoms with Gasteiger partial charge in [0.05, 0.1) is 13.5 Å². The van der Waals surface area contributed by atoms with Crippen LogP contribution in [-0.4, -0.2) is 49.3 Å². The first-order chi connectivity index (χ1) is 9.83. The number of nitrogens with zero attached hydrogens (tertiary/aromatic N) is 1. The van der Waals surface area contributed by atoms with Crippen molar-refractivity contribution in [3.63, 3.8) is 0 Å². The van der Waals surface area contributed by atoms with E-state index in [0.717, 1.165) is 18.7 Å². The van der Waals surface area contributed by atoms with E-state index in [4.69, 9.17) is 14.6 Å². The van der Waals surface area contributed by atoms with Crippen LogP contribution in [0.2, 0.25) is 0 Å². The molecule has 0 atom stereocenters. The van der Waals surface area contributed by atoms with E-state index in [1.165, 1.54) is 0 Å². The summed E-state index contributed by atoms with van der Waals surface area (Å²) in [6.07, 6.45) is 0.173. The minimum atomic E-state index is -0.822. The molecule has 0 saturated carbocycles. The van der Waals surface area contributed by atoms with E-state index in [1.807, 2.05) is 39.1 Å². The van der Waals surface area contributed by atoms with Crippen LogP contribution >= 0.6 is 0 Å². The van der Waals surface area contributed by atoms with Gasteiger partial charge in [0.15, 0.2) is 11.5 Å². The summed E-state index contributed by atoms with van der Waals surface area (Å²) in [4.78, 5) is 13.3. The Morgan fingerprint density at radius 3 is 2.62 bits per heavy atom. The maximum absolute atomic E-state index is 11.1. The molecular weight excluding hydrogens is 270 g/mol. The first-order valence-electron chi connectivity index (χ1n) is 7.08. The van der Waals surface area contributed by atoms with Gasteiger partial charge in [-0.25, -0.2) is 0 Å². The predicted octanol–water partition coefficient (Wildman–Crippen LogP) is 2.14. The lowest BCUT2D eigenvalue weighted by atomic mass is 9.81. The lowest BCUT2D eigenvalue weighted by Crippen LogP contribution is -2.51. The van der Waals surface area contributed by atoms with Crippen LogP contribution < -0.4 is 9.47 Å². The van der Waals surface area contributed by atoms with Gasteiger partial charge in [-0.3, -0.25) is 9.69 Å². The number of aliphatic carboxylic acids is 1. The third kappa shape index (κ3) is 3.47. The highest BCUT2D eigenvalue weighted by Crippen LogP contribution is 2.41. The molecule has 1 N–H and O–H groups in total. The number of carbonyl (C=O) groups is 1. The highest BCUT2D eigenvalue weighted by molar-refractivity contribution is 5.69. The zero-order chi connectivity index (χ0) is 15.6. The van der Waals surface area contributed by atoms with Crippen molar-refractivity contribution >= 4 is 5.97 Å². The number of hydrogen-bond acceptors (Lipinski definition) is 4. The molecule has 5 nitrogen and oxygen atoms in total. The van der Waals surface area contributed by atoms with Crippen LogP contribution in [0, 0.1) is 0 Å². The van der Waals surface area contributed by atoms with Gasteiger partial charge in [-0.2, -0.15) is 0 Å². The van der Waals surface area contributed by atoms with E-state index in [-0.39, 0.29) is 12.5 Å². The third-order valence-electron chi connectivity index (χ3n) is 3.84. The van der Waals surface area contributed by atoms with Gasteiger partial charge >= 0.3 is 5.97 Å². The Bertz CT molecular complexity index is 521. The number of para-hydroxylation sites is 1. The van der Waals surface area contributed by atoms with E-state index in [2.05, 4.69) is 4.90 Å². The fraction of sp³-hybridized carbons (Fsp3) is 0.562. The van der Waals surface area contributed by atoms with Crippen molar-refractivity contribution in [1.29, 1.82) is 0 Å². The molecule has 116 valence electrons. The number of likely N-dealkylation sites (tertiary alicyclic amines) is 1. The van der Waals surface area contributed by atoms with Crippen LogP contribution in [0.1, 0.15) is 25.8 Å². The average Bonchev–Trinajstić information content (AvgIpc) is 2.35. The number of hydrogen-bond donors (Lipinski definition) is 1. The Morgan fingerprint density at radius 2 is 2.10 bits per heavy atom. The fourth-order valence-corrected chi connectivity index (χ4v) is 2.69. The quantitative estimate of drug-likeness (QED) is 0.871. The van der Waals surface area contributed by atoms with Gasteiger partial charge in [-0.05, 0) is 13.1 Å². The van der Waals surface area contributed by atoms with Crippen molar-refractivity contribution in [2.24, 2.45) is 0 Å². The zero-order valence-electron chi connectivity index (χ0n) is 13.0. The van der Waals surface area contributed by atoms with Crippen molar-refractivity contribution in [2.75, 3.05) is 27.2 Å². The maximum Gasteiger partial charge on any atom is 0.304 e. The van der Waals surface area contributed by atoms with Crippen molar-refractivity contribution < 1.29 is 19.4 Å². The van der Waals surface area contributed by atoms with Gasteiger partial charge in [-0.15, -0.1) is 0 Å². The molecule has 21 heavy (non-hydrogen) atoms. The molecule has 0 unspecified atom stereocenters. The second-order valence-electron chi connectivity index (χ2n) is 6.25. The number of likely N-dealkylation sites (N-methyl/N-ethyl adjacent to an activating group) is 1. The second-order valence-corrected chi connectivity index (χ2v) is 6.25.